The zero-order valence-electron chi connectivity index (χ0n) is 12.7. The number of hydrogen-bond donors (Lipinski definition) is 3. The van der Waals surface area contributed by atoms with E-state index in [-0.39, 0.29) is 24.0 Å². The Morgan fingerprint density at radius 3 is 2.91 bits per heavy atom. The van der Waals surface area contributed by atoms with E-state index in [0.29, 0.717) is 5.96 Å². The molecule has 5 nitrogen and oxygen atoms in total. The van der Waals surface area contributed by atoms with E-state index < -0.39 is 0 Å². The molecule has 6 heteroatoms. The highest BCUT2D eigenvalue weighted by molar-refractivity contribution is 14.0. The average molecular weight is 413 g/mol. The maximum atomic E-state index is 5.86. The van der Waals surface area contributed by atoms with Crippen molar-refractivity contribution in [3.8, 4) is 0 Å². The number of halogens is 1. The molecule has 1 heterocycles. The molecule has 0 saturated heterocycles. The van der Waals surface area contributed by atoms with Crippen LogP contribution in [0.4, 0.5) is 0 Å². The number of nitrogens with one attached hydrogen (secondary N) is 2. The van der Waals surface area contributed by atoms with Gasteiger partial charge in [-0.1, -0.05) is 18.6 Å². The van der Waals surface area contributed by atoms with E-state index in [1.54, 1.807) is 0 Å². The van der Waals surface area contributed by atoms with Gasteiger partial charge in [-0.2, -0.15) is 0 Å². The average Bonchev–Trinajstić information content (AvgIpc) is 2.84. The Balaban J connectivity index is 0.00000176. The lowest BCUT2D eigenvalue weighted by Crippen LogP contribution is -2.33. The Bertz CT molecular complexity index is 585. The summed E-state index contributed by atoms with van der Waals surface area (Å²) in [6, 6.07) is 8.10. The van der Waals surface area contributed by atoms with Gasteiger partial charge in [0.15, 0.2) is 5.96 Å². The molecule has 0 amide bonds. The molecule has 1 aliphatic carbocycles. The van der Waals surface area contributed by atoms with Gasteiger partial charge in [0, 0.05) is 19.5 Å². The monoisotopic (exact) mass is 413 g/mol. The van der Waals surface area contributed by atoms with Gasteiger partial charge < -0.3 is 16.0 Å². The van der Waals surface area contributed by atoms with Crippen LogP contribution < -0.4 is 11.1 Å². The molecule has 0 aliphatic heterocycles. The van der Waals surface area contributed by atoms with Crippen LogP contribution in [-0.4, -0.2) is 29.0 Å². The summed E-state index contributed by atoms with van der Waals surface area (Å²) >= 11 is 0. The predicted molar refractivity (Wildman–Crippen MR) is 102 cm³/mol. The highest BCUT2D eigenvalue weighted by atomic mass is 127. The molecule has 0 bridgehead atoms. The third kappa shape index (κ3) is 4.59. The first-order valence-corrected chi connectivity index (χ1v) is 7.78. The Morgan fingerprint density at radius 2 is 2.18 bits per heavy atom. The number of imidazole rings is 1. The van der Waals surface area contributed by atoms with Crippen LogP contribution >= 0.6 is 24.0 Å². The number of benzene rings is 1. The van der Waals surface area contributed by atoms with Crippen LogP contribution in [0.5, 0.6) is 0 Å². The van der Waals surface area contributed by atoms with Crippen LogP contribution in [-0.2, 0) is 6.42 Å². The number of aromatic amines is 1. The second-order valence-corrected chi connectivity index (χ2v) is 5.75. The third-order valence-electron chi connectivity index (χ3n) is 4.08. The standard InChI is InChI=1S/C16H23N5.HI/c17-16(19-11-12-5-3-6-12)18-10-4-9-15-20-13-7-1-2-8-14(13)21-15;/h1-2,7-8,12H,3-6,9-11H2,(H,20,21)(H3,17,18,19);1H. The van der Waals surface area contributed by atoms with Crippen LogP contribution in [0, 0.1) is 5.92 Å². The number of hydrogen-bond acceptors (Lipinski definition) is 2. The molecular weight excluding hydrogens is 389 g/mol. The molecule has 0 radical (unpaired) electrons. The minimum atomic E-state index is 0. The summed E-state index contributed by atoms with van der Waals surface area (Å²) in [5.74, 6) is 2.37. The molecule has 0 atom stereocenters. The van der Waals surface area contributed by atoms with Crippen LogP contribution in [0.25, 0.3) is 11.0 Å². The summed E-state index contributed by atoms with van der Waals surface area (Å²) in [5, 5.41) is 3.18. The molecule has 1 aromatic heterocycles. The fourth-order valence-electron chi connectivity index (χ4n) is 2.56. The molecule has 1 fully saturated rings. The van der Waals surface area contributed by atoms with Gasteiger partial charge in [0.1, 0.15) is 5.82 Å². The fourth-order valence-corrected chi connectivity index (χ4v) is 2.56. The van der Waals surface area contributed by atoms with E-state index in [1.807, 2.05) is 18.2 Å². The lowest BCUT2D eigenvalue weighted by molar-refractivity contribution is 0.326. The van der Waals surface area contributed by atoms with Crippen LogP contribution in [0.15, 0.2) is 29.3 Å². The summed E-state index contributed by atoms with van der Waals surface area (Å²) in [6.07, 6.45) is 5.87. The predicted octanol–water partition coefficient (Wildman–Crippen LogP) is 2.82. The molecule has 2 aromatic rings. The van der Waals surface area contributed by atoms with Gasteiger partial charge in [-0.25, -0.2) is 4.98 Å². The number of aryl methyl sites for hydroxylation is 1. The largest absolute Gasteiger partial charge is 0.370 e. The van der Waals surface area contributed by atoms with E-state index in [9.17, 15) is 0 Å². The number of nitrogens with two attached hydrogens (primary N) is 1. The van der Waals surface area contributed by atoms with Gasteiger partial charge in [-0.15, -0.1) is 24.0 Å². The number of nitrogens with zero attached hydrogens (tertiary/aromatic N) is 2. The molecule has 0 unspecified atom stereocenters. The maximum absolute atomic E-state index is 5.86. The minimum absolute atomic E-state index is 0. The Morgan fingerprint density at radius 1 is 1.36 bits per heavy atom. The van der Waals surface area contributed by atoms with Crippen molar-refractivity contribution in [2.75, 3.05) is 13.1 Å². The minimum Gasteiger partial charge on any atom is -0.370 e. The highest BCUT2D eigenvalue weighted by Gasteiger charge is 2.16. The topological polar surface area (TPSA) is 79.1 Å². The molecule has 0 spiro atoms. The van der Waals surface area contributed by atoms with Crippen molar-refractivity contribution in [3.05, 3.63) is 30.1 Å². The first kappa shape index (κ1) is 17.1. The number of guanidine groups is 1. The van der Waals surface area contributed by atoms with Crippen molar-refractivity contribution >= 4 is 41.0 Å². The summed E-state index contributed by atoms with van der Waals surface area (Å²) < 4.78 is 0. The zero-order valence-corrected chi connectivity index (χ0v) is 15.0. The number of rotatable bonds is 6. The molecule has 1 aromatic carbocycles. The second kappa shape index (κ2) is 8.36. The van der Waals surface area contributed by atoms with Crippen molar-refractivity contribution in [2.24, 2.45) is 16.6 Å². The van der Waals surface area contributed by atoms with E-state index in [1.165, 1.54) is 19.3 Å². The van der Waals surface area contributed by atoms with E-state index in [0.717, 1.165) is 48.7 Å². The van der Waals surface area contributed by atoms with Gasteiger partial charge in [0.05, 0.1) is 11.0 Å². The molecule has 120 valence electrons. The van der Waals surface area contributed by atoms with Crippen molar-refractivity contribution < 1.29 is 0 Å². The summed E-state index contributed by atoms with van der Waals surface area (Å²) in [6.45, 7) is 1.71. The van der Waals surface area contributed by atoms with Gasteiger partial charge >= 0.3 is 0 Å². The normalized spacial score (nSPS) is 15.4. The van der Waals surface area contributed by atoms with Crippen molar-refractivity contribution in [3.63, 3.8) is 0 Å². The molecule has 3 rings (SSSR count). The molecule has 4 N–H and O–H groups in total. The van der Waals surface area contributed by atoms with Crippen LogP contribution in [0.3, 0.4) is 0 Å². The maximum Gasteiger partial charge on any atom is 0.188 e. The van der Waals surface area contributed by atoms with Crippen molar-refractivity contribution in [1.82, 2.24) is 15.3 Å². The number of aromatic nitrogens is 2. The highest BCUT2D eigenvalue weighted by Crippen LogP contribution is 2.26. The first-order chi connectivity index (χ1) is 10.3. The summed E-state index contributed by atoms with van der Waals surface area (Å²) in [5.41, 5.74) is 7.99. The summed E-state index contributed by atoms with van der Waals surface area (Å²) in [4.78, 5) is 12.3. The lowest BCUT2D eigenvalue weighted by atomic mass is 9.86. The first-order valence-electron chi connectivity index (χ1n) is 7.78. The smallest absolute Gasteiger partial charge is 0.188 e. The van der Waals surface area contributed by atoms with Gasteiger partial charge in [0.2, 0.25) is 0 Å². The number of fused-ring (bicyclic) bond motifs is 1. The number of aliphatic imine (C=N–C) groups is 1. The molecule has 22 heavy (non-hydrogen) atoms. The molecular formula is C16H24IN5. The van der Waals surface area contributed by atoms with Gasteiger partial charge in [-0.05, 0) is 37.3 Å². The SMILES string of the molecule is I.NC(=NCC1CCC1)NCCCc1nc2ccccc2[nH]1. The van der Waals surface area contributed by atoms with E-state index >= 15 is 0 Å². The number of H-pyrrole nitrogens is 1. The molecule has 1 aliphatic rings. The Hall–Kier alpha value is -1.31. The van der Waals surface area contributed by atoms with Crippen molar-refractivity contribution in [2.45, 2.75) is 32.1 Å². The fraction of sp³-hybridized carbons (Fsp3) is 0.500. The quantitative estimate of drug-likeness (QED) is 0.295. The van der Waals surface area contributed by atoms with E-state index in [2.05, 4.69) is 26.3 Å². The lowest BCUT2D eigenvalue weighted by Gasteiger charge is -2.23. The zero-order chi connectivity index (χ0) is 14.5. The Kier molecular flexibility index (Phi) is 6.48. The Labute approximate surface area is 148 Å². The molecule has 1 saturated carbocycles. The van der Waals surface area contributed by atoms with Crippen LogP contribution in [0.1, 0.15) is 31.5 Å². The van der Waals surface area contributed by atoms with Gasteiger partial charge in [-0.3, -0.25) is 4.99 Å². The second-order valence-electron chi connectivity index (χ2n) is 5.75. The van der Waals surface area contributed by atoms with Gasteiger partial charge in [0.25, 0.3) is 0 Å². The number of para-hydroxylation sites is 2. The van der Waals surface area contributed by atoms with Crippen LogP contribution in [0.2, 0.25) is 0 Å². The third-order valence-corrected chi connectivity index (χ3v) is 4.08. The van der Waals surface area contributed by atoms with Crippen molar-refractivity contribution in [1.29, 1.82) is 0 Å². The summed E-state index contributed by atoms with van der Waals surface area (Å²) in [7, 11) is 0. The van der Waals surface area contributed by atoms with E-state index in [4.69, 9.17) is 5.73 Å².